The lowest BCUT2D eigenvalue weighted by Gasteiger charge is -2.21. The summed E-state index contributed by atoms with van der Waals surface area (Å²) in [4.78, 5) is 0. The van der Waals surface area contributed by atoms with Crippen molar-refractivity contribution in [3.8, 4) is 22.3 Å². The molecule has 22 heavy (non-hydrogen) atoms. The molecule has 0 nitrogen and oxygen atoms in total. The predicted molar refractivity (Wildman–Crippen MR) is 96.0 cm³/mol. The van der Waals surface area contributed by atoms with E-state index in [4.69, 9.17) is 6.85 Å². The predicted octanol–water partition coefficient (Wildman–Crippen LogP) is 6.32. The summed E-state index contributed by atoms with van der Waals surface area (Å²) in [5, 5.41) is 0. The van der Waals surface area contributed by atoms with Gasteiger partial charge in [0, 0.05) is 0 Å². The van der Waals surface area contributed by atoms with E-state index in [1.807, 2.05) is 42.5 Å². The fraction of sp³-hybridized carbons (Fsp3) is 0.182. The second kappa shape index (κ2) is 5.81. The van der Waals surface area contributed by atoms with Crippen molar-refractivity contribution in [2.45, 2.75) is 26.2 Å². The lowest BCUT2D eigenvalue weighted by Crippen LogP contribution is -2.11. The zero-order valence-electron chi connectivity index (χ0n) is 18.1. The van der Waals surface area contributed by atoms with Gasteiger partial charge in [-0.3, -0.25) is 0 Å². The zero-order valence-corrected chi connectivity index (χ0v) is 13.1. The third-order valence-corrected chi connectivity index (χ3v) is 3.69. The Balaban J connectivity index is 2.35. The summed E-state index contributed by atoms with van der Waals surface area (Å²) in [6.45, 7) is 6.30. The van der Waals surface area contributed by atoms with Crippen LogP contribution in [0.3, 0.4) is 0 Å². The molecular formula is C22H22. The van der Waals surface area contributed by atoms with Gasteiger partial charge in [-0.15, -0.1) is 0 Å². The summed E-state index contributed by atoms with van der Waals surface area (Å²) in [6, 6.07) is 14.5. The van der Waals surface area contributed by atoms with Gasteiger partial charge < -0.3 is 0 Å². The van der Waals surface area contributed by atoms with Gasteiger partial charge >= 0.3 is 0 Å². The maximum absolute atomic E-state index is 8.30. The summed E-state index contributed by atoms with van der Waals surface area (Å²) in [6.07, 6.45) is 0. The van der Waals surface area contributed by atoms with E-state index >= 15 is 0 Å². The fourth-order valence-electron chi connectivity index (χ4n) is 2.40. The average molecular weight is 291 g/mol. The van der Waals surface area contributed by atoms with Crippen LogP contribution in [0.2, 0.25) is 0 Å². The molecule has 0 fully saturated rings. The molecular weight excluding hydrogens is 264 g/mol. The van der Waals surface area contributed by atoms with Crippen LogP contribution < -0.4 is 0 Å². The first-order valence-electron chi connectivity index (χ1n) is 9.89. The molecule has 0 saturated carbocycles. The molecule has 3 rings (SSSR count). The van der Waals surface area contributed by atoms with E-state index in [-0.39, 0.29) is 41.2 Å². The number of benzene rings is 3. The van der Waals surface area contributed by atoms with Crippen molar-refractivity contribution < 1.29 is 6.85 Å². The van der Waals surface area contributed by atoms with Crippen molar-refractivity contribution in [1.82, 2.24) is 0 Å². The van der Waals surface area contributed by atoms with Crippen LogP contribution in [0.1, 0.15) is 33.2 Å². The summed E-state index contributed by atoms with van der Waals surface area (Å²) in [5.74, 6) is 0. The first kappa shape index (κ1) is 9.63. The second-order valence-electron chi connectivity index (χ2n) is 6.42. The monoisotopic (exact) mass is 291 g/mol. The van der Waals surface area contributed by atoms with Crippen molar-refractivity contribution in [1.29, 1.82) is 0 Å². The Bertz CT molecular complexity index is 972. The molecule has 0 bridgehead atoms. The summed E-state index contributed by atoms with van der Waals surface area (Å²) in [5.41, 5.74) is 3.77. The molecule has 0 amide bonds. The first-order chi connectivity index (χ1) is 12.6. The lowest BCUT2D eigenvalue weighted by atomic mass is 9.83. The van der Waals surface area contributed by atoms with Crippen LogP contribution in [-0.4, -0.2) is 0 Å². The standard InChI is InChI=1S/C22H22/c1-22(2,3)21-15-19(17-10-6-4-7-11-17)14-20(16-21)18-12-8-5-9-13-18/h4-16H,1-3H3/i4D,6D,7D,10D,11D. The van der Waals surface area contributed by atoms with Crippen molar-refractivity contribution in [3.05, 3.63) is 84.3 Å². The molecule has 3 aromatic carbocycles. The molecule has 0 atom stereocenters. The fourth-order valence-corrected chi connectivity index (χ4v) is 2.40. The molecule has 0 N–H and O–H groups in total. The lowest BCUT2D eigenvalue weighted by molar-refractivity contribution is 0.590. The SMILES string of the molecule is [2H]c1c([2H])c([2H])c(-c2cc(-c3ccccc3)cc(C(C)(C)C)c2)c([2H])c1[2H]. The second-order valence-corrected chi connectivity index (χ2v) is 6.42. The minimum Gasteiger partial charge on any atom is -0.0622 e. The van der Waals surface area contributed by atoms with E-state index in [2.05, 4.69) is 26.8 Å². The zero-order chi connectivity index (χ0) is 19.9. The van der Waals surface area contributed by atoms with E-state index in [1.54, 1.807) is 0 Å². The molecule has 0 heteroatoms. The van der Waals surface area contributed by atoms with Gasteiger partial charge in [-0.1, -0.05) is 93.4 Å². The van der Waals surface area contributed by atoms with Crippen LogP contribution in [0, 0.1) is 0 Å². The molecule has 0 aromatic heterocycles. The van der Waals surface area contributed by atoms with Gasteiger partial charge in [0.1, 0.15) is 0 Å². The van der Waals surface area contributed by atoms with E-state index in [0.717, 1.165) is 16.7 Å². The van der Waals surface area contributed by atoms with Gasteiger partial charge in [-0.05, 0) is 39.3 Å². The van der Waals surface area contributed by atoms with Gasteiger partial charge in [-0.2, -0.15) is 0 Å². The van der Waals surface area contributed by atoms with Gasteiger partial charge in [0.2, 0.25) is 0 Å². The first-order valence-corrected chi connectivity index (χ1v) is 7.39. The van der Waals surface area contributed by atoms with Crippen LogP contribution in [0.15, 0.2) is 78.7 Å². The van der Waals surface area contributed by atoms with Gasteiger partial charge in [0.25, 0.3) is 0 Å². The van der Waals surface area contributed by atoms with Crippen LogP contribution >= 0.6 is 0 Å². The third kappa shape index (κ3) is 3.12. The minimum absolute atomic E-state index is 0.146. The summed E-state index contributed by atoms with van der Waals surface area (Å²) in [7, 11) is 0. The average Bonchev–Trinajstić information content (AvgIpc) is 2.65. The molecule has 0 heterocycles. The quantitative estimate of drug-likeness (QED) is 0.518. The maximum Gasteiger partial charge on any atom is 0.0629 e. The molecule has 0 aliphatic heterocycles. The smallest absolute Gasteiger partial charge is 0.0622 e. The summed E-state index contributed by atoms with van der Waals surface area (Å²) < 4.78 is 40.4. The van der Waals surface area contributed by atoms with Crippen molar-refractivity contribution in [2.75, 3.05) is 0 Å². The van der Waals surface area contributed by atoms with Crippen LogP contribution in [-0.2, 0) is 5.41 Å². The normalized spacial score (nSPS) is 14.6. The number of hydrogen-bond donors (Lipinski definition) is 0. The highest BCUT2D eigenvalue weighted by atomic mass is 14.2. The Labute approximate surface area is 140 Å². The van der Waals surface area contributed by atoms with Gasteiger partial charge in [0.15, 0.2) is 0 Å². The summed E-state index contributed by atoms with van der Waals surface area (Å²) >= 11 is 0. The Morgan fingerprint density at radius 1 is 0.682 bits per heavy atom. The molecule has 0 unspecified atom stereocenters. The van der Waals surface area contributed by atoms with Crippen molar-refractivity contribution >= 4 is 0 Å². The minimum atomic E-state index is -0.371. The molecule has 110 valence electrons. The van der Waals surface area contributed by atoms with Gasteiger partial charge in [0.05, 0.1) is 6.85 Å². The Morgan fingerprint density at radius 2 is 1.27 bits per heavy atom. The Morgan fingerprint density at radius 3 is 1.86 bits per heavy atom. The topological polar surface area (TPSA) is 0 Å². The maximum atomic E-state index is 8.30. The Kier molecular flexibility index (Phi) is 2.54. The molecule has 0 radical (unpaired) electrons. The number of hydrogen-bond acceptors (Lipinski definition) is 0. The molecule has 3 aromatic rings. The van der Waals surface area contributed by atoms with Crippen LogP contribution in [0.25, 0.3) is 22.3 Å². The van der Waals surface area contributed by atoms with E-state index in [0.29, 0.717) is 5.56 Å². The van der Waals surface area contributed by atoms with E-state index in [1.165, 1.54) is 0 Å². The van der Waals surface area contributed by atoms with Crippen LogP contribution in [0.4, 0.5) is 0 Å². The highest BCUT2D eigenvalue weighted by Crippen LogP contribution is 2.33. The molecule has 0 spiro atoms. The van der Waals surface area contributed by atoms with Gasteiger partial charge in [-0.25, -0.2) is 0 Å². The van der Waals surface area contributed by atoms with Crippen molar-refractivity contribution in [2.24, 2.45) is 0 Å². The third-order valence-electron chi connectivity index (χ3n) is 3.69. The van der Waals surface area contributed by atoms with E-state index in [9.17, 15) is 0 Å². The molecule has 0 aliphatic carbocycles. The number of rotatable bonds is 2. The molecule has 0 aliphatic rings. The van der Waals surface area contributed by atoms with Crippen molar-refractivity contribution in [3.63, 3.8) is 0 Å². The highest BCUT2D eigenvalue weighted by molar-refractivity contribution is 5.74. The highest BCUT2D eigenvalue weighted by Gasteiger charge is 2.16. The largest absolute Gasteiger partial charge is 0.0629 e. The van der Waals surface area contributed by atoms with E-state index < -0.39 is 0 Å². The molecule has 0 saturated heterocycles. The van der Waals surface area contributed by atoms with Crippen LogP contribution in [0.5, 0.6) is 0 Å². The Hall–Kier alpha value is -2.34.